The summed E-state index contributed by atoms with van der Waals surface area (Å²) in [6.07, 6.45) is -1.12. The van der Waals surface area contributed by atoms with Gasteiger partial charge in [0.25, 0.3) is 0 Å². The summed E-state index contributed by atoms with van der Waals surface area (Å²) >= 11 is 3.12. The van der Waals surface area contributed by atoms with E-state index >= 15 is 0 Å². The van der Waals surface area contributed by atoms with E-state index in [1.54, 1.807) is 17.8 Å². The minimum absolute atomic E-state index is 0.268. The number of hydrogen-bond acceptors (Lipinski definition) is 2. The number of halogens is 4. The highest BCUT2D eigenvalue weighted by Gasteiger charge is 2.31. The average molecular weight is 286 g/mol. The standard InChI is InChI=1S/C8H11BrF3N3/c1-14-5-3-13-7(14)15(4-2-9)6-8(10,11)12/h3,5H,2,4,6H2,1H3. The maximum absolute atomic E-state index is 12.3. The van der Waals surface area contributed by atoms with E-state index in [-0.39, 0.29) is 6.54 Å². The van der Waals surface area contributed by atoms with Crippen LogP contribution in [0.3, 0.4) is 0 Å². The highest BCUT2D eigenvalue weighted by molar-refractivity contribution is 9.09. The van der Waals surface area contributed by atoms with Crippen molar-refractivity contribution in [1.82, 2.24) is 9.55 Å². The van der Waals surface area contributed by atoms with Crippen LogP contribution in [-0.2, 0) is 7.05 Å². The van der Waals surface area contributed by atoms with Gasteiger partial charge in [0.2, 0.25) is 5.95 Å². The second-order valence-electron chi connectivity index (χ2n) is 3.06. The first-order valence-corrected chi connectivity index (χ1v) is 5.41. The molecule has 3 nitrogen and oxygen atoms in total. The molecule has 0 aliphatic rings. The summed E-state index contributed by atoms with van der Waals surface area (Å²) in [6, 6.07) is 0. The predicted molar refractivity (Wildman–Crippen MR) is 55.3 cm³/mol. The Morgan fingerprint density at radius 2 is 2.20 bits per heavy atom. The van der Waals surface area contributed by atoms with Crippen molar-refractivity contribution in [2.24, 2.45) is 7.05 Å². The number of nitrogens with zero attached hydrogens (tertiary/aromatic N) is 3. The SMILES string of the molecule is Cn1ccnc1N(CCBr)CC(F)(F)F. The van der Waals surface area contributed by atoms with Crippen LogP contribution in [0.1, 0.15) is 0 Å². The first kappa shape index (κ1) is 12.4. The fourth-order valence-corrected chi connectivity index (χ4v) is 1.66. The van der Waals surface area contributed by atoms with Gasteiger partial charge < -0.3 is 9.47 Å². The molecule has 0 N–H and O–H groups in total. The number of imidazole rings is 1. The Bertz CT molecular complexity index is 310. The van der Waals surface area contributed by atoms with Gasteiger partial charge in [-0.1, -0.05) is 15.9 Å². The quantitative estimate of drug-likeness (QED) is 0.791. The van der Waals surface area contributed by atoms with Crippen LogP contribution in [0.25, 0.3) is 0 Å². The zero-order valence-corrected chi connectivity index (χ0v) is 9.72. The van der Waals surface area contributed by atoms with E-state index in [9.17, 15) is 13.2 Å². The third kappa shape index (κ3) is 3.73. The van der Waals surface area contributed by atoms with Crippen LogP contribution in [0.5, 0.6) is 0 Å². The summed E-state index contributed by atoms with van der Waals surface area (Å²) in [5.41, 5.74) is 0. The fraction of sp³-hybridized carbons (Fsp3) is 0.625. The molecule has 0 saturated heterocycles. The Kier molecular flexibility index (Phi) is 4.01. The number of alkyl halides is 4. The van der Waals surface area contributed by atoms with E-state index in [0.717, 1.165) is 0 Å². The smallest absolute Gasteiger partial charge is 0.332 e. The first-order valence-electron chi connectivity index (χ1n) is 4.29. The number of hydrogen-bond donors (Lipinski definition) is 0. The minimum Gasteiger partial charge on any atom is -0.332 e. The molecule has 0 aromatic carbocycles. The van der Waals surface area contributed by atoms with E-state index in [2.05, 4.69) is 20.9 Å². The Balaban J connectivity index is 2.79. The van der Waals surface area contributed by atoms with Crippen LogP contribution in [0, 0.1) is 0 Å². The third-order valence-corrected chi connectivity index (χ3v) is 2.16. The van der Waals surface area contributed by atoms with Crippen molar-refractivity contribution >= 4 is 21.9 Å². The van der Waals surface area contributed by atoms with Gasteiger partial charge in [0, 0.05) is 31.3 Å². The van der Waals surface area contributed by atoms with E-state index in [1.165, 1.54) is 11.1 Å². The molecule has 1 heterocycles. The first-order chi connectivity index (χ1) is 6.94. The van der Waals surface area contributed by atoms with E-state index in [4.69, 9.17) is 0 Å². The van der Waals surface area contributed by atoms with Crippen molar-refractivity contribution in [1.29, 1.82) is 0 Å². The topological polar surface area (TPSA) is 21.1 Å². The molecule has 1 aromatic rings. The molecule has 0 atom stereocenters. The summed E-state index contributed by atoms with van der Waals surface area (Å²) in [6.45, 7) is -0.714. The molecule has 1 aromatic heterocycles. The lowest BCUT2D eigenvalue weighted by atomic mass is 10.5. The van der Waals surface area contributed by atoms with Crippen LogP contribution >= 0.6 is 15.9 Å². The van der Waals surface area contributed by atoms with Crippen molar-refractivity contribution < 1.29 is 13.2 Å². The molecule has 86 valence electrons. The van der Waals surface area contributed by atoms with Gasteiger partial charge in [-0.05, 0) is 0 Å². The maximum Gasteiger partial charge on any atom is 0.406 e. The molecule has 0 aliphatic carbocycles. The Labute approximate surface area is 94.0 Å². The van der Waals surface area contributed by atoms with Crippen LogP contribution in [0.4, 0.5) is 19.1 Å². The number of rotatable bonds is 4. The summed E-state index contributed by atoms with van der Waals surface area (Å²) in [5.74, 6) is 0.326. The molecule has 0 radical (unpaired) electrons. The highest BCUT2D eigenvalue weighted by atomic mass is 79.9. The minimum atomic E-state index is -4.21. The van der Waals surface area contributed by atoms with E-state index in [0.29, 0.717) is 11.3 Å². The molecular weight excluding hydrogens is 275 g/mol. The van der Waals surface area contributed by atoms with Gasteiger partial charge >= 0.3 is 6.18 Å². The summed E-state index contributed by atoms with van der Waals surface area (Å²) in [5, 5.41) is 0.468. The normalized spacial score (nSPS) is 11.8. The van der Waals surface area contributed by atoms with Gasteiger partial charge in [-0.15, -0.1) is 0 Å². The molecule has 0 unspecified atom stereocenters. The molecule has 0 fully saturated rings. The molecule has 0 saturated carbocycles. The van der Waals surface area contributed by atoms with Crippen molar-refractivity contribution in [3.8, 4) is 0 Å². The number of aromatic nitrogens is 2. The van der Waals surface area contributed by atoms with Gasteiger partial charge in [-0.2, -0.15) is 13.2 Å². The van der Waals surface area contributed by atoms with Crippen molar-refractivity contribution in [3.63, 3.8) is 0 Å². The molecule has 0 amide bonds. The van der Waals surface area contributed by atoms with Crippen LogP contribution in [0.2, 0.25) is 0 Å². The molecule has 0 spiro atoms. The van der Waals surface area contributed by atoms with Gasteiger partial charge in [0.1, 0.15) is 6.54 Å². The van der Waals surface area contributed by atoms with Crippen molar-refractivity contribution in [2.45, 2.75) is 6.18 Å². The molecule has 15 heavy (non-hydrogen) atoms. The van der Waals surface area contributed by atoms with Gasteiger partial charge in [-0.3, -0.25) is 0 Å². The van der Waals surface area contributed by atoms with E-state index < -0.39 is 12.7 Å². The maximum atomic E-state index is 12.3. The highest BCUT2D eigenvalue weighted by Crippen LogP contribution is 2.20. The lowest BCUT2D eigenvalue weighted by Crippen LogP contribution is -2.37. The van der Waals surface area contributed by atoms with Gasteiger partial charge in [0.05, 0.1) is 0 Å². The zero-order valence-electron chi connectivity index (χ0n) is 8.13. The number of aryl methyl sites for hydroxylation is 1. The Morgan fingerprint density at radius 3 is 2.60 bits per heavy atom. The molecule has 7 heteroatoms. The van der Waals surface area contributed by atoms with Crippen molar-refractivity contribution in [3.05, 3.63) is 12.4 Å². The summed E-state index contributed by atoms with van der Waals surface area (Å²) in [7, 11) is 1.67. The molecule has 0 aliphatic heterocycles. The second kappa shape index (κ2) is 4.87. The lowest BCUT2D eigenvalue weighted by molar-refractivity contribution is -0.119. The molecule has 0 bridgehead atoms. The second-order valence-corrected chi connectivity index (χ2v) is 3.86. The van der Waals surface area contributed by atoms with Crippen molar-refractivity contribution in [2.75, 3.05) is 23.3 Å². The van der Waals surface area contributed by atoms with Gasteiger partial charge in [0.15, 0.2) is 0 Å². The summed E-state index contributed by atoms with van der Waals surface area (Å²) in [4.78, 5) is 5.08. The predicted octanol–water partition coefficient (Wildman–Crippen LogP) is 2.18. The third-order valence-electron chi connectivity index (χ3n) is 1.80. The average Bonchev–Trinajstić information content (AvgIpc) is 2.48. The molecular formula is C8H11BrF3N3. The Morgan fingerprint density at radius 1 is 1.53 bits per heavy atom. The largest absolute Gasteiger partial charge is 0.406 e. The fourth-order valence-electron chi connectivity index (χ4n) is 1.23. The van der Waals surface area contributed by atoms with Crippen LogP contribution in [0.15, 0.2) is 12.4 Å². The monoisotopic (exact) mass is 285 g/mol. The van der Waals surface area contributed by atoms with Crippen LogP contribution in [-0.4, -0.2) is 34.1 Å². The number of anilines is 1. The van der Waals surface area contributed by atoms with E-state index in [1.807, 2.05) is 0 Å². The zero-order chi connectivity index (χ0) is 11.5. The van der Waals surface area contributed by atoms with Gasteiger partial charge in [-0.25, -0.2) is 4.98 Å². The summed E-state index contributed by atoms with van der Waals surface area (Å²) < 4.78 is 38.3. The molecule has 1 rings (SSSR count). The van der Waals surface area contributed by atoms with Crippen LogP contribution < -0.4 is 4.90 Å². The Hall–Kier alpha value is -0.720. The lowest BCUT2D eigenvalue weighted by Gasteiger charge is -2.23.